The number of aromatic nitrogens is 1. The lowest BCUT2D eigenvalue weighted by Gasteiger charge is -2.19. The normalized spacial score (nSPS) is 12.3. The average Bonchev–Trinajstić information content (AvgIpc) is 2.45. The lowest BCUT2D eigenvalue weighted by atomic mass is 10.00. The number of benzene rings is 1. The van der Waals surface area contributed by atoms with Crippen molar-refractivity contribution in [3.63, 3.8) is 0 Å². The van der Waals surface area contributed by atoms with Gasteiger partial charge in [0.25, 0.3) is 0 Å². The fourth-order valence-electron chi connectivity index (χ4n) is 2.07. The summed E-state index contributed by atoms with van der Waals surface area (Å²) in [5, 5.41) is 3.61. The monoisotopic (exact) mass is 240 g/mol. The smallest absolute Gasteiger partial charge is 0.0361 e. The van der Waals surface area contributed by atoms with Gasteiger partial charge in [-0.05, 0) is 42.6 Å². The summed E-state index contributed by atoms with van der Waals surface area (Å²) in [5.74, 6) is 0. The van der Waals surface area contributed by atoms with E-state index in [0.29, 0.717) is 6.04 Å². The van der Waals surface area contributed by atoms with Gasteiger partial charge in [-0.25, -0.2) is 0 Å². The molecular formula is C16H20N2. The second-order valence-electron chi connectivity index (χ2n) is 4.48. The van der Waals surface area contributed by atoms with Gasteiger partial charge in [0.2, 0.25) is 0 Å². The molecule has 1 aromatic carbocycles. The van der Waals surface area contributed by atoms with Crippen LogP contribution >= 0.6 is 0 Å². The predicted molar refractivity (Wildman–Crippen MR) is 75.4 cm³/mol. The molecule has 0 saturated heterocycles. The van der Waals surface area contributed by atoms with Crippen LogP contribution < -0.4 is 5.32 Å². The van der Waals surface area contributed by atoms with Gasteiger partial charge in [-0.2, -0.15) is 0 Å². The van der Waals surface area contributed by atoms with Crippen LogP contribution in [-0.4, -0.2) is 11.5 Å². The standard InChI is InChI=1S/C16H20N2/c1-2-10-18-16(15-8-11-17-12-9-15)13-14-6-4-3-5-7-14/h3-9,11-12,16,18H,2,10,13H2,1H3. The van der Waals surface area contributed by atoms with Crippen molar-refractivity contribution in [2.75, 3.05) is 6.54 Å². The highest BCUT2D eigenvalue weighted by atomic mass is 14.9. The average molecular weight is 240 g/mol. The van der Waals surface area contributed by atoms with Gasteiger partial charge < -0.3 is 5.32 Å². The fraction of sp³-hybridized carbons (Fsp3) is 0.312. The molecule has 2 nitrogen and oxygen atoms in total. The Morgan fingerprint density at radius 3 is 2.44 bits per heavy atom. The minimum atomic E-state index is 0.371. The highest BCUT2D eigenvalue weighted by Crippen LogP contribution is 2.17. The van der Waals surface area contributed by atoms with Gasteiger partial charge in [0, 0.05) is 18.4 Å². The first-order chi connectivity index (χ1) is 8.90. The predicted octanol–water partition coefficient (Wildman–Crippen LogP) is 3.37. The lowest BCUT2D eigenvalue weighted by molar-refractivity contribution is 0.529. The van der Waals surface area contributed by atoms with E-state index >= 15 is 0 Å². The van der Waals surface area contributed by atoms with Gasteiger partial charge in [-0.15, -0.1) is 0 Å². The molecule has 2 rings (SSSR count). The first-order valence-electron chi connectivity index (χ1n) is 6.57. The van der Waals surface area contributed by atoms with Gasteiger partial charge in [0.05, 0.1) is 0 Å². The van der Waals surface area contributed by atoms with E-state index in [-0.39, 0.29) is 0 Å². The second-order valence-corrected chi connectivity index (χ2v) is 4.48. The van der Waals surface area contributed by atoms with E-state index in [0.717, 1.165) is 19.4 Å². The Kier molecular flexibility index (Phi) is 4.91. The topological polar surface area (TPSA) is 24.9 Å². The van der Waals surface area contributed by atoms with Crippen LogP contribution in [0.2, 0.25) is 0 Å². The van der Waals surface area contributed by atoms with E-state index in [9.17, 15) is 0 Å². The zero-order chi connectivity index (χ0) is 12.6. The molecule has 0 radical (unpaired) electrons. The summed E-state index contributed by atoms with van der Waals surface area (Å²) in [6.07, 6.45) is 5.89. The van der Waals surface area contributed by atoms with Gasteiger partial charge in [0.15, 0.2) is 0 Å². The maximum absolute atomic E-state index is 4.09. The Hall–Kier alpha value is -1.67. The first kappa shape index (κ1) is 12.8. The van der Waals surface area contributed by atoms with Crippen molar-refractivity contribution >= 4 is 0 Å². The SMILES string of the molecule is CCCNC(Cc1ccccc1)c1ccncc1. The molecule has 0 aliphatic heterocycles. The molecule has 2 aromatic rings. The van der Waals surface area contributed by atoms with Gasteiger partial charge in [-0.3, -0.25) is 4.98 Å². The van der Waals surface area contributed by atoms with Crippen LogP contribution in [0.3, 0.4) is 0 Å². The van der Waals surface area contributed by atoms with Crippen LogP contribution in [0.25, 0.3) is 0 Å². The molecule has 0 saturated carbocycles. The van der Waals surface area contributed by atoms with Crippen LogP contribution in [0, 0.1) is 0 Å². The third kappa shape index (κ3) is 3.67. The number of nitrogens with one attached hydrogen (secondary N) is 1. The van der Waals surface area contributed by atoms with E-state index < -0.39 is 0 Å². The molecule has 1 unspecified atom stereocenters. The third-order valence-electron chi connectivity index (χ3n) is 3.03. The summed E-state index contributed by atoms with van der Waals surface area (Å²) >= 11 is 0. The van der Waals surface area contributed by atoms with Crippen molar-refractivity contribution in [2.24, 2.45) is 0 Å². The van der Waals surface area contributed by atoms with Crippen molar-refractivity contribution in [3.05, 3.63) is 66.0 Å². The number of nitrogens with zero attached hydrogens (tertiary/aromatic N) is 1. The molecule has 18 heavy (non-hydrogen) atoms. The maximum atomic E-state index is 4.09. The van der Waals surface area contributed by atoms with Crippen molar-refractivity contribution in [3.8, 4) is 0 Å². The molecule has 94 valence electrons. The second kappa shape index (κ2) is 6.92. The van der Waals surface area contributed by atoms with Crippen molar-refractivity contribution in [1.29, 1.82) is 0 Å². The Balaban J connectivity index is 2.10. The molecule has 2 heteroatoms. The third-order valence-corrected chi connectivity index (χ3v) is 3.03. The summed E-state index contributed by atoms with van der Waals surface area (Å²) in [7, 11) is 0. The summed E-state index contributed by atoms with van der Waals surface area (Å²) in [5.41, 5.74) is 2.67. The zero-order valence-corrected chi connectivity index (χ0v) is 10.8. The van der Waals surface area contributed by atoms with E-state index in [1.807, 2.05) is 12.4 Å². The Labute approximate surface area is 109 Å². The lowest BCUT2D eigenvalue weighted by Crippen LogP contribution is -2.24. The molecule has 0 spiro atoms. The van der Waals surface area contributed by atoms with Crippen molar-refractivity contribution in [2.45, 2.75) is 25.8 Å². The zero-order valence-electron chi connectivity index (χ0n) is 10.8. The van der Waals surface area contributed by atoms with E-state index in [2.05, 4.69) is 59.7 Å². The molecule has 0 fully saturated rings. The molecule has 0 amide bonds. The molecule has 1 aromatic heterocycles. The number of rotatable bonds is 6. The number of hydrogen-bond donors (Lipinski definition) is 1. The Morgan fingerprint density at radius 2 is 1.78 bits per heavy atom. The minimum absolute atomic E-state index is 0.371. The number of pyridine rings is 1. The van der Waals surface area contributed by atoms with E-state index in [1.165, 1.54) is 11.1 Å². The fourth-order valence-corrected chi connectivity index (χ4v) is 2.07. The molecule has 0 aliphatic carbocycles. The van der Waals surface area contributed by atoms with Crippen LogP contribution in [0.4, 0.5) is 0 Å². The molecule has 0 aliphatic rings. The number of hydrogen-bond acceptors (Lipinski definition) is 2. The summed E-state index contributed by atoms with van der Waals surface area (Å²) in [4.78, 5) is 4.09. The molecule has 1 N–H and O–H groups in total. The van der Waals surface area contributed by atoms with Gasteiger partial charge in [-0.1, -0.05) is 37.3 Å². The van der Waals surface area contributed by atoms with Crippen molar-refractivity contribution in [1.82, 2.24) is 10.3 Å². The molecule has 0 bridgehead atoms. The Bertz CT molecular complexity index is 439. The van der Waals surface area contributed by atoms with E-state index in [4.69, 9.17) is 0 Å². The van der Waals surface area contributed by atoms with Gasteiger partial charge in [0.1, 0.15) is 0 Å². The van der Waals surface area contributed by atoms with Crippen LogP contribution in [-0.2, 0) is 6.42 Å². The minimum Gasteiger partial charge on any atom is -0.310 e. The van der Waals surface area contributed by atoms with Crippen LogP contribution in [0.1, 0.15) is 30.5 Å². The molecule has 1 atom stereocenters. The summed E-state index contributed by atoms with van der Waals surface area (Å²) in [6.45, 7) is 3.24. The summed E-state index contributed by atoms with van der Waals surface area (Å²) in [6, 6.07) is 15.2. The maximum Gasteiger partial charge on any atom is 0.0361 e. The quantitative estimate of drug-likeness (QED) is 0.837. The largest absolute Gasteiger partial charge is 0.310 e. The van der Waals surface area contributed by atoms with E-state index in [1.54, 1.807) is 0 Å². The summed E-state index contributed by atoms with van der Waals surface area (Å²) < 4.78 is 0. The Morgan fingerprint density at radius 1 is 1.06 bits per heavy atom. The highest BCUT2D eigenvalue weighted by Gasteiger charge is 2.10. The molecular weight excluding hydrogens is 220 g/mol. The molecule has 1 heterocycles. The highest BCUT2D eigenvalue weighted by molar-refractivity contribution is 5.21. The first-order valence-corrected chi connectivity index (χ1v) is 6.57. The van der Waals surface area contributed by atoms with Gasteiger partial charge >= 0.3 is 0 Å². The van der Waals surface area contributed by atoms with Crippen molar-refractivity contribution < 1.29 is 0 Å². The van der Waals surface area contributed by atoms with Crippen LogP contribution in [0.5, 0.6) is 0 Å². The van der Waals surface area contributed by atoms with Crippen LogP contribution in [0.15, 0.2) is 54.9 Å².